The van der Waals surface area contributed by atoms with E-state index in [2.05, 4.69) is 14.9 Å². The van der Waals surface area contributed by atoms with Crippen molar-refractivity contribution in [1.29, 1.82) is 0 Å². The summed E-state index contributed by atoms with van der Waals surface area (Å²) in [6.45, 7) is 2.99. The van der Waals surface area contributed by atoms with Gasteiger partial charge in [0.1, 0.15) is 11.9 Å². The fourth-order valence-corrected chi connectivity index (χ4v) is 4.86. The van der Waals surface area contributed by atoms with Crippen LogP contribution in [0, 0.1) is 5.82 Å². The van der Waals surface area contributed by atoms with E-state index in [1.54, 1.807) is 12.1 Å². The summed E-state index contributed by atoms with van der Waals surface area (Å²) in [5.41, 5.74) is 1.62. The van der Waals surface area contributed by atoms with Crippen LogP contribution in [-0.2, 0) is 19.6 Å². The van der Waals surface area contributed by atoms with Crippen molar-refractivity contribution < 1.29 is 22.3 Å². The van der Waals surface area contributed by atoms with Crippen LogP contribution in [0.2, 0.25) is 0 Å². The second-order valence-electron chi connectivity index (χ2n) is 7.04. The van der Waals surface area contributed by atoms with Crippen LogP contribution in [-0.4, -0.2) is 58.7 Å². The van der Waals surface area contributed by atoms with Gasteiger partial charge in [0.15, 0.2) is 0 Å². The molecule has 1 amide bonds. The van der Waals surface area contributed by atoms with E-state index in [4.69, 9.17) is 4.74 Å². The van der Waals surface area contributed by atoms with Gasteiger partial charge in [0.05, 0.1) is 18.1 Å². The summed E-state index contributed by atoms with van der Waals surface area (Å²) in [6, 6.07) is 11.0. The molecule has 1 aliphatic rings. The number of sulfonamides is 1. The summed E-state index contributed by atoms with van der Waals surface area (Å²) >= 11 is 1.52. The lowest BCUT2D eigenvalue weighted by atomic mass is 10.2. The highest BCUT2D eigenvalue weighted by atomic mass is 32.2. The average molecular weight is 468 g/mol. The van der Waals surface area contributed by atoms with Crippen LogP contribution < -0.4 is 14.9 Å². The average Bonchev–Trinajstić information content (AvgIpc) is 2.78. The fourth-order valence-electron chi connectivity index (χ4n) is 3.15. The van der Waals surface area contributed by atoms with E-state index < -0.39 is 27.8 Å². The van der Waals surface area contributed by atoms with Crippen molar-refractivity contribution in [2.75, 3.05) is 48.5 Å². The summed E-state index contributed by atoms with van der Waals surface area (Å²) in [6.07, 6.45) is 2.20. The molecular weight excluding hydrogens is 441 g/mol. The fraction of sp³-hybridized carbons (Fsp3) is 0.381. The van der Waals surface area contributed by atoms with Gasteiger partial charge in [0, 0.05) is 24.5 Å². The number of anilines is 2. The molecule has 1 saturated heterocycles. The molecule has 2 aromatic carbocycles. The van der Waals surface area contributed by atoms with Crippen LogP contribution >= 0.6 is 11.8 Å². The Balaban J connectivity index is 1.68. The number of hydrogen-bond donors (Lipinski definition) is 2. The number of nitrogens with zero attached hydrogens (tertiary/aromatic N) is 1. The molecule has 168 valence electrons. The Hall–Kier alpha value is -2.14. The third kappa shape index (κ3) is 6.67. The van der Waals surface area contributed by atoms with Crippen molar-refractivity contribution >= 4 is 39.1 Å². The van der Waals surface area contributed by atoms with Gasteiger partial charge in [-0.25, -0.2) is 12.8 Å². The van der Waals surface area contributed by atoms with Crippen molar-refractivity contribution in [3.05, 3.63) is 54.3 Å². The Morgan fingerprint density at radius 2 is 1.77 bits per heavy atom. The monoisotopic (exact) mass is 467 g/mol. The topological polar surface area (TPSA) is 87.7 Å². The molecule has 0 saturated carbocycles. The number of carbonyl (C=O) groups is 1. The first-order valence-corrected chi connectivity index (χ1v) is 12.8. The predicted octanol–water partition coefficient (Wildman–Crippen LogP) is 2.70. The quantitative estimate of drug-likeness (QED) is 0.590. The lowest BCUT2D eigenvalue weighted by molar-refractivity contribution is -0.117. The third-order valence-corrected chi connectivity index (χ3v) is 6.99. The number of halogens is 1. The number of carbonyl (C=O) groups excluding carboxylic acids is 1. The molecule has 7 nitrogen and oxygen atoms in total. The number of morpholine rings is 1. The lowest BCUT2D eigenvalue weighted by Gasteiger charge is -2.29. The van der Waals surface area contributed by atoms with Gasteiger partial charge in [-0.2, -0.15) is 16.5 Å². The van der Waals surface area contributed by atoms with Crippen LogP contribution in [0.1, 0.15) is 6.42 Å². The zero-order valence-electron chi connectivity index (χ0n) is 17.2. The molecule has 0 spiro atoms. The smallest absolute Gasteiger partial charge is 0.242 e. The highest BCUT2D eigenvalue weighted by molar-refractivity contribution is 7.98. The van der Waals surface area contributed by atoms with E-state index in [1.165, 1.54) is 23.9 Å². The van der Waals surface area contributed by atoms with E-state index in [9.17, 15) is 17.6 Å². The number of hydrogen-bond acceptors (Lipinski definition) is 6. The van der Waals surface area contributed by atoms with Gasteiger partial charge in [-0.3, -0.25) is 4.79 Å². The molecule has 0 unspecified atom stereocenters. The first kappa shape index (κ1) is 23.5. The summed E-state index contributed by atoms with van der Waals surface area (Å²) in [5, 5.41) is 2.79. The Kier molecular flexibility index (Phi) is 8.30. The standard InChI is InChI=1S/C21H26FN3O4S2/c1-30-15-10-20(24-31(27,28)19-8-2-16(22)3-9-19)21(26)23-17-4-6-18(7-5-17)25-11-13-29-14-12-25/h2-9,20,24H,10-15H2,1H3,(H,23,26)/t20-/m1/s1. The number of amides is 1. The largest absolute Gasteiger partial charge is 0.378 e. The molecule has 0 radical (unpaired) electrons. The molecule has 31 heavy (non-hydrogen) atoms. The number of nitrogens with one attached hydrogen (secondary N) is 2. The molecule has 0 aliphatic carbocycles. The molecule has 1 fully saturated rings. The van der Waals surface area contributed by atoms with E-state index in [0.29, 0.717) is 31.1 Å². The Morgan fingerprint density at radius 3 is 2.39 bits per heavy atom. The van der Waals surface area contributed by atoms with E-state index in [-0.39, 0.29) is 4.90 Å². The number of benzene rings is 2. The molecule has 10 heteroatoms. The van der Waals surface area contributed by atoms with Gasteiger partial charge in [-0.1, -0.05) is 0 Å². The normalized spacial score (nSPS) is 15.5. The van der Waals surface area contributed by atoms with Gasteiger partial charge in [0.2, 0.25) is 15.9 Å². The van der Waals surface area contributed by atoms with Crippen LogP contribution in [0.3, 0.4) is 0 Å². The van der Waals surface area contributed by atoms with E-state index in [0.717, 1.165) is 30.9 Å². The van der Waals surface area contributed by atoms with Gasteiger partial charge < -0.3 is 15.0 Å². The minimum absolute atomic E-state index is 0.0919. The molecular formula is C21H26FN3O4S2. The first-order valence-electron chi connectivity index (χ1n) is 9.89. The van der Waals surface area contributed by atoms with Crippen LogP contribution in [0.25, 0.3) is 0 Å². The summed E-state index contributed by atoms with van der Waals surface area (Å²) in [5.74, 6) is -0.380. The highest BCUT2D eigenvalue weighted by Gasteiger charge is 2.25. The summed E-state index contributed by atoms with van der Waals surface area (Å²) in [7, 11) is -3.97. The van der Waals surface area contributed by atoms with Crippen molar-refractivity contribution in [3.8, 4) is 0 Å². The number of thioether (sulfide) groups is 1. The maximum atomic E-state index is 13.1. The second kappa shape index (κ2) is 10.9. The SMILES string of the molecule is CSCC[C@@H](NS(=O)(=O)c1ccc(F)cc1)C(=O)Nc1ccc(N2CCOCC2)cc1. The highest BCUT2D eigenvalue weighted by Crippen LogP contribution is 2.20. The molecule has 2 N–H and O–H groups in total. The van der Waals surface area contributed by atoms with Crippen LogP contribution in [0.5, 0.6) is 0 Å². The maximum Gasteiger partial charge on any atom is 0.242 e. The van der Waals surface area contributed by atoms with Crippen LogP contribution in [0.4, 0.5) is 15.8 Å². The predicted molar refractivity (Wildman–Crippen MR) is 122 cm³/mol. The summed E-state index contributed by atoms with van der Waals surface area (Å²) < 4.78 is 46.3. The maximum absolute atomic E-state index is 13.1. The number of rotatable bonds is 9. The number of ether oxygens (including phenoxy) is 1. The third-order valence-electron chi connectivity index (χ3n) is 4.86. The van der Waals surface area contributed by atoms with E-state index in [1.807, 2.05) is 18.4 Å². The Morgan fingerprint density at radius 1 is 1.13 bits per heavy atom. The zero-order chi connectivity index (χ0) is 22.3. The molecule has 3 rings (SSSR count). The molecule has 0 aromatic heterocycles. The van der Waals surface area contributed by atoms with Gasteiger partial charge >= 0.3 is 0 Å². The molecule has 1 atom stereocenters. The molecule has 1 heterocycles. The van der Waals surface area contributed by atoms with Gasteiger partial charge in [0.25, 0.3) is 0 Å². The Bertz CT molecular complexity index is 963. The minimum atomic E-state index is -3.97. The van der Waals surface area contributed by atoms with Crippen molar-refractivity contribution in [2.24, 2.45) is 0 Å². The Labute approximate surface area is 186 Å². The van der Waals surface area contributed by atoms with E-state index >= 15 is 0 Å². The van der Waals surface area contributed by atoms with Crippen molar-refractivity contribution in [3.63, 3.8) is 0 Å². The van der Waals surface area contributed by atoms with Gasteiger partial charge in [-0.15, -0.1) is 0 Å². The molecule has 2 aromatic rings. The molecule has 1 aliphatic heterocycles. The van der Waals surface area contributed by atoms with Crippen LogP contribution in [0.15, 0.2) is 53.4 Å². The lowest BCUT2D eigenvalue weighted by Crippen LogP contribution is -2.44. The zero-order valence-corrected chi connectivity index (χ0v) is 18.8. The van der Waals surface area contributed by atoms with Gasteiger partial charge in [-0.05, 0) is 67.0 Å². The van der Waals surface area contributed by atoms with Crippen molar-refractivity contribution in [2.45, 2.75) is 17.4 Å². The second-order valence-corrected chi connectivity index (χ2v) is 9.74. The minimum Gasteiger partial charge on any atom is -0.378 e. The van der Waals surface area contributed by atoms with Crippen molar-refractivity contribution in [1.82, 2.24) is 4.72 Å². The first-order chi connectivity index (χ1) is 14.9. The molecule has 0 bridgehead atoms. The summed E-state index contributed by atoms with van der Waals surface area (Å²) in [4.78, 5) is 14.9.